The zero-order chi connectivity index (χ0) is 15.6. The number of esters is 2. The SMILES string of the molecule is CCCCOC(=O)C1(C(=O)OCCCC)CCCCCC1. The van der Waals surface area contributed by atoms with Gasteiger partial charge in [0.2, 0.25) is 0 Å². The molecule has 0 atom stereocenters. The van der Waals surface area contributed by atoms with Gasteiger partial charge in [0.25, 0.3) is 0 Å². The van der Waals surface area contributed by atoms with Crippen molar-refractivity contribution < 1.29 is 19.1 Å². The lowest BCUT2D eigenvalue weighted by molar-refractivity contribution is -0.174. The molecule has 1 aliphatic carbocycles. The second-order valence-electron chi connectivity index (χ2n) is 5.98. The van der Waals surface area contributed by atoms with Crippen LogP contribution in [0.2, 0.25) is 0 Å². The van der Waals surface area contributed by atoms with Crippen LogP contribution in [0.25, 0.3) is 0 Å². The molecular weight excluding hydrogens is 268 g/mol. The average Bonchev–Trinajstić information content (AvgIpc) is 2.74. The number of hydrogen-bond donors (Lipinski definition) is 0. The molecule has 0 aromatic heterocycles. The normalized spacial score (nSPS) is 17.8. The quantitative estimate of drug-likeness (QED) is 0.294. The summed E-state index contributed by atoms with van der Waals surface area (Å²) in [5.41, 5.74) is -1.04. The minimum atomic E-state index is -1.04. The van der Waals surface area contributed by atoms with Crippen molar-refractivity contribution in [1.82, 2.24) is 0 Å². The fraction of sp³-hybridized carbons (Fsp3) is 0.882. The van der Waals surface area contributed by atoms with Gasteiger partial charge in [-0.05, 0) is 25.7 Å². The molecule has 0 spiro atoms. The van der Waals surface area contributed by atoms with E-state index in [1.807, 2.05) is 13.8 Å². The standard InChI is InChI=1S/C17H30O4/c1-3-5-13-20-15(18)17(11-9-7-8-10-12-17)16(19)21-14-6-4-2/h3-14H2,1-2H3. The summed E-state index contributed by atoms with van der Waals surface area (Å²) < 4.78 is 10.7. The smallest absolute Gasteiger partial charge is 0.323 e. The highest BCUT2D eigenvalue weighted by molar-refractivity contribution is 6.00. The lowest BCUT2D eigenvalue weighted by Crippen LogP contribution is -2.42. The minimum Gasteiger partial charge on any atom is -0.465 e. The van der Waals surface area contributed by atoms with Gasteiger partial charge in [0.1, 0.15) is 0 Å². The number of carbonyl (C=O) groups excluding carboxylic acids is 2. The first-order valence-corrected chi connectivity index (χ1v) is 8.52. The Labute approximate surface area is 128 Å². The Hall–Kier alpha value is -1.06. The van der Waals surface area contributed by atoms with E-state index in [9.17, 15) is 9.59 Å². The van der Waals surface area contributed by atoms with E-state index < -0.39 is 5.41 Å². The average molecular weight is 298 g/mol. The van der Waals surface area contributed by atoms with E-state index in [1.54, 1.807) is 0 Å². The largest absolute Gasteiger partial charge is 0.465 e. The molecule has 4 nitrogen and oxygen atoms in total. The molecule has 0 saturated heterocycles. The molecule has 0 N–H and O–H groups in total. The molecule has 1 rings (SSSR count). The predicted molar refractivity (Wildman–Crippen MR) is 81.9 cm³/mol. The van der Waals surface area contributed by atoms with E-state index in [0.29, 0.717) is 26.1 Å². The third-order valence-electron chi connectivity index (χ3n) is 4.20. The van der Waals surface area contributed by atoms with E-state index >= 15 is 0 Å². The summed E-state index contributed by atoms with van der Waals surface area (Å²) in [5, 5.41) is 0. The van der Waals surface area contributed by atoms with Crippen molar-refractivity contribution >= 4 is 11.9 Å². The molecule has 0 aromatic rings. The van der Waals surface area contributed by atoms with Crippen LogP contribution >= 0.6 is 0 Å². The molecule has 1 saturated carbocycles. The van der Waals surface area contributed by atoms with Crippen LogP contribution < -0.4 is 0 Å². The van der Waals surface area contributed by atoms with Crippen molar-refractivity contribution in [3.63, 3.8) is 0 Å². The minimum absolute atomic E-state index is 0.362. The Morgan fingerprint density at radius 3 is 1.62 bits per heavy atom. The van der Waals surface area contributed by atoms with E-state index in [-0.39, 0.29) is 11.9 Å². The predicted octanol–water partition coefficient (Wildman–Crippen LogP) is 4.01. The molecule has 1 aliphatic rings. The Balaban J connectivity index is 2.72. The molecule has 0 aliphatic heterocycles. The number of hydrogen-bond acceptors (Lipinski definition) is 4. The van der Waals surface area contributed by atoms with E-state index in [2.05, 4.69) is 0 Å². The molecule has 0 aromatic carbocycles. The second-order valence-corrected chi connectivity index (χ2v) is 5.98. The van der Waals surface area contributed by atoms with Gasteiger partial charge in [-0.2, -0.15) is 0 Å². The highest BCUT2D eigenvalue weighted by atomic mass is 16.6. The molecule has 0 bridgehead atoms. The van der Waals surface area contributed by atoms with Crippen LogP contribution in [0, 0.1) is 5.41 Å². The maximum absolute atomic E-state index is 12.5. The van der Waals surface area contributed by atoms with Gasteiger partial charge in [0.05, 0.1) is 13.2 Å². The summed E-state index contributed by atoms with van der Waals surface area (Å²) in [6, 6.07) is 0. The molecule has 21 heavy (non-hydrogen) atoms. The molecule has 0 heterocycles. The number of ether oxygens (including phenoxy) is 2. The van der Waals surface area contributed by atoms with Gasteiger partial charge in [-0.25, -0.2) is 0 Å². The lowest BCUT2D eigenvalue weighted by Gasteiger charge is -2.28. The summed E-state index contributed by atoms with van der Waals surface area (Å²) in [5.74, 6) is -0.723. The fourth-order valence-electron chi connectivity index (χ4n) is 2.72. The Kier molecular flexibility index (Phi) is 8.40. The van der Waals surface area contributed by atoms with Crippen molar-refractivity contribution in [1.29, 1.82) is 0 Å². The molecule has 1 fully saturated rings. The van der Waals surface area contributed by atoms with E-state index in [4.69, 9.17) is 9.47 Å². The van der Waals surface area contributed by atoms with Crippen molar-refractivity contribution in [3.8, 4) is 0 Å². The first-order valence-electron chi connectivity index (χ1n) is 8.52. The number of rotatable bonds is 8. The van der Waals surface area contributed by atoms with Crippen molar-refractivity contribution in [3.05, 3.63) is 0 Å². The van der Waals surface area contributed by atoms with Crippen LogP contribution in [0.4, 0.5) is 0 Å². The van der Waals surface area contributed by atoms with Crippen LogP contribution in [0.5, 0.6) is 0 Å². The van der Waals surface area contributed by atoms with Crippen molar-refractivity contribution in [2.24, 2.45) is 5.41 Å². The maximum atomic E-state index is 12.5. The monoisotopic (exact) mass is 298 g/mol. The Bertz CT molecular complexity index is 293. The van der Waals surface area contributed by atoms with Crippen LogP contribution in [-0.4, -0.2) is 25.2 Å². The molecule has 0 radical (unpaired) electrons. The second kappa shape index (κ2) is 9.80. The third kappa shape index (κ3) is 5.33. The van der Waals surface area contributed by atoms with Gasteiger partial charge in [0.15, 0.2) is 5.41 Å². The van der Waals surface area contributed by atoms with Gasteiger partial charge in [0, 0.05) is 0 Å². The van der Waals surface area contributed by atoms with E-state index in [1.165, 1.54) is 0 Å². The summed E-state index contributed by atoms with van der Waals surface area (Å²) >= 11 is 0. The summed E-state index contributed by atoms with van der Waals surface area (Å²) in [7, 11) is 0. The summed E-state index contributed by atoms with van der Waals surface area (Å²) in [6.45, 7) is 4.90. The number of unbranched alkanes of at least 4 members (excludes halogenated alkanes) is 2. The van der Waals surface area contributed by atoms with Crippen molar-refractivity contribution in [2.45, 2.75) is 78.1 Å². The molecule has 0 unspecified atom stereocenters. The molecule has 122 valence electrons. The van der Waals surface area contributed by atoms with Crippen LogP contribution in [0.15, 0.2) is 0 Å². The topological polar surface area (TPSA) is 52.6 Å². The lowest BCUT2D eigenvalue weighted by atomic mass is 9.80. The highest BCUT2D eigenvalue weighted by Gasteiger charge is 2.48. The van der Waals surface area contributed by atoms with Gasteiger partial charge in [-0.3, -0.25) is 9.59 Å². The van der Waals surface area contributed by atoms with Gasteiger partial charge in [-0.1, -0.05) is 52.4 Å². The maximum Gasteiger partial charge on any atom is 0.323 e. The Morgan fingerprint density at radius 2 is 1.24 bits per heavy atom. The number of carbonyl (C=O) groups is 2. The van der Waals surface area contributed by atoms with E-state index in [0.717, 1.165) is 51.4 Å². The Morgan fingerprint density at radius 1 is 0.810 bits per heavy atom. The summed E-state index contributed by atoms with van der Waals surface area (Å²) in [4.78, 5) is 25.0. The van der Waals surface area contributed by atoms with Gasteiger partial charge < -0.3 is 9.47 Å². The highest BCUT2D eigenvalue weighted by Crippen LogP contribution is 2.37. The van der Waals surface area contributed by atoms with Crippen molar-refractivity contribution in [2.75, 3.05) is 13.2 Å². The zero-order valence-corrected chi connectivity index (χ0v) is 13.6. The fourth-order valence-corrected chi connectivity index (χ4v) is 2.72. The van der Waals surface area contributed by atoms with Crippen LogP contribution in [-0.2, 0) is 19.1 Å². The summed E-state index contributed by atoms with van der Waals surface area (Å²) in [6.07, 6.45) is 8.71. The first kappa shape index (κ1) is 18.0. The third-order valence-corrected chi connectivity index (χ3v) is 4.20. The van der Waals surface area contributed by atoms with Gasteiger partial charge >= 0.3 is 11.9 Å². The molecule has 0 amide bonds. The van der Waals surface area contributed by atoms with Crippen LogP contribution in [0.1, 0.15) is 78.1 Å². The molecular formula is C17H30O4. The zero-order valence-electron chi connectivity index (χ0n) is 13.6. The first-order chi connectivity index (χ1) is 10.2. The van der Waals surface area contributed by atoms with Gasteiger partial charge in [-0.15, -0.1) is 0 Å². The van der Waals surface area contributed by atoms with Crippen LogP contribution in [0.3, 0.4) is 0 Å². The molecule has 4 heteroatoms.